The fourth-order valence-corrected chi connectivity index (χ4v) is 2.58. The van der Waals surface area contributed by atoms with Crippen LogP contribution in [0.3, 0.4) is 0 Å². The van der Waals surface area contributed by atoms with Crippen molar-refractivity contribution >= 4 is 11.9 Å². The zero-order chi connectivity index (χ0) is 14.3. The van der Waals surface area contributed by atoms with Crippen molar-refractivity contribution in [3.8, 4) is 0 Å². The van der Waals surface area contributed by atoms with Gasteiger partial charge in [-0.3, -0.25) is 4.79 Å². The number of allylic oxidation sites excluding steroid dienone is 1. The SMILES string of the molecule is CC(=O)c1ccc2c(c1F)C=CC2c1ccc(F)cc1. The van der Waals surface area contributed by atoms with Crippen LogP contribution in [0.15, 0.2) is 42.5 Å². The molecule has 2 aromatic carbocycles. The van der Waals surface area contributed by atoms with Crippen molar-refractivity contribution in [2.24, 2.45) is 0 Å². The summed E-state index contributed by atoms with van der Waals surface area (Å²) in [4.78, 5) is 11.3. The van der Waals surface area contributed by atoms with Gasteiger partial charge in [0.15, 0.2) is 5.78 Å². The number of Topliss-reactive ketones (excluding diaryl/α,β-unsaturated/α-hetero) is 1. The number of ketones is 1. The summed E-state index contributed by atoms with van der Waals surface area (Å²) in [5.41, 5.74) is 2.26. The Labute approximate surface area is 115 Å². The first-order valence-electron chi connectivity index (χ1n) is 6.35. The number of rotatable bonds is 2. The van der Waals surface area contributed by atoms with Crippen LogP contribution in [0.25, 0.3) is 6.08 Å². The summed E-state index contributed by atoms with van der Waals surface area (Å²) >= 11 is 0. The quantitative estimate of drug-likeness (QED) is 0.742. The molecule has 3 rings (SSSR count). The molecule has 0 aromatic heterocycles. The van der Waals surface area contributed by atoms with Crippen molar-refractivity contribution in [1.82, 2.24) is 0 Å². The Hall–Kier alpha value is -2.29. The zero-order valence-corrected chi connectivity index (χ0v) is 10.9. The van der Waals surface area contributed by atoms with Gasteiger partial charge in [0.1, 0.15) is 11.6 Å². The molecule has 3 heteroatoms. The van der Waals surface area contributed by atoms with Crippen molar-refractivity contribution < 1.29 is 13.6 Å². The maximum absolute atomic E-state index is 14.2. The monoisotopic (exact) mass is 270 g/mol. The first-order chi connectivity index (χ1) is 9.58. The Morgan fingerprint density at radius 3 is 2.40 bits per heavy atom. The molecule has 0 N–H and O–H groups in total. The van der Waals surface area contributed by atoms with Crippen LogP contribution in [-0.2, 0) is 0 Å². The molecule has 0 aliphatic heterocycles. The molecule has 1 aliphatic carbocycles. The molecule has 1 unspecified atom stereocenters. The highest BCUT2D eigenvalue weighted by molar-refractivity contribution is 5.95. The number of carbonyl (C=O) groups is 1. The Kier molecular flexibility index (Phi) is 2.97. The number of halogens is 2. The third kappa shape index (κ3) is 1.95. The molecule has 1 nitrogen and oxygen atoms in total. The second-order valence-electron chi connectivity index (χ2n) is 4.87. The number of hydrogen-bond donors (Lipinski definition) is 0. The largest absolute Gasteiger partial charge is 0.294 e. The Balaban J connectivity index is 2.07. The Morgan fingerprint density at radius 1 is 1.05 bits per heavy atom. The van der Waals surface area contributed by atoms with Crippen LogP contribution in [0.4, 0.5) is 8.78 Å². The fourth-order valence-electron chi connectivity index (χ4n) is 2.58. The third-order valence-electron chi connectivity index (χ3n) is 3.61. The summed E-state index contributed by atoms with van der Waals surface area (Å²) in [6.45, 7) is 1.35. The molecule has 1 aliphatic rings. The predicted molar refractivity (Wildman–Crippen MR) is 73.7 cm³/mol. The van der Waals surface area contributed by atoms with Gasteiger partial charge in [0.25, 0.3) is 0 Å². The van der Waals surface area contributed by atoms with E-state index in [1.54, 1.807) is 24.3 Å². The normalized spacial score (nSPS) is 16.2. The maximum Gasteiger partial charge on any atom is 0.162 e. The van der Waals surface area contributed by atoms with Crippen LogP contribution in [0.2, 0.25) is 0 Å². The van der Waals surface area contributed by atoms with Crippen LogP contribution in [0, 0.1) is 11.6 Å². The van der Waals surface area contributed by atoms with E-state index in [9.17, 15) is 13.6 Å². The summed E-state index contributed by atoms with van der Waals surface area (Å²) in [5, 5.41) is 0. The number of carbonyl (C=O) groups excluding carboxylic acids is 1. The van der Waals surface area contributed by atoms with Gasteiger partial charge >= 0.3 is 0 Å². The van der Waals surface area contributed by atoms with E-state index in [0.717, 1.165) is 11.1 Å². The van der Waals surface area contributed by atoms with Crippen molar-refractivity contribution in [3.63, 3.8) is 0 Å². The van der Waals surface area contributed by atoms with Gasteiger partial charge in [-0.05, 0) is 36.2 Å². The van der Waals surface area contributed by atoms with Crippen LogP contribution >= 0.6 is 0 Å². The molecule has 0 spiro atoms. The second-order valence-corrected chi connectivity index (χ2v) is 4.87. The van der Waals surface area contributed by atoms with E-state index in [2.05, 4.69) is 0 Å². The van der Waals surface area contributed by atoms with Crippen molar-refractivity contribution in [1.29, 1.82) is 0 Å². The minimum atomic E-state index is -0.476. The van der Waals surface area contributed by atoms with Gasteiger partial charge in [-0.1, -0.05) is 30.4 Å². The molecular weight excluding hydrogens is 258 g/mol. The average Bonchev–Trinajstić information content (AvgIpc) is 2.84. The van der Waals surface area contributed by atoms with Crippen LogP contribution in [0.1, 0.15) is 39.9 Å². The standard InChI is InChI=1S/C17H12F2O/c1-10(20)13-6-8-15-14(7-9-16(15)17(13)19)11-2-4-12(18)5-3-11/h2-9,14H,1H3. The van der Waals surface area contributed by atoms with E-state index in [0.29, 0.717) is 5.56 Å². The highest BCUT2D eigenvalue weighted by Gasteiger charge is 2.24. The third-order valence-corrected chi connectivity index (χ3v) is 3.61. The molecule has 2 aromatic rings. The molecular formula is C17H12F2O. The minimum Gasteiger partial charge on any atom is -0.294 e. The van der Waals surface area contributed by atoms with Crippen molar-refractivity contribution in [2.75, 3.05) is 0 Å². The fraction of sp³-hybridized carbons (Fsp3) is 0.118. The lowest BCUT2D eigenvalue weighted by atomic mass is 9.91. The van der Waals surface area contributed by atoms with E-state index in [-0.39, 0.29) is 23.1 Å². The molecule has 0 radical (unpaired) electrons. The van der Waals surface area contributed by atoms with Gasteiger partial charge in [-0.25, -0.2) is 8.78 Å². The predicted octanol–water partition coefficient (Wildman–Crippen LogP) is 4.33. The summed E-state index contributed by atoms with van der Waals surface area (Å²) < 4.78 is 27.2. The highest BCUT2D eigenvalue weighted by atomic mass is 19.1. The van der Waals surface area contributed by atoms with E-state index in [1.165, 1.54) is 25.1 Å². The zero-order valence-electron chi connectivity index (χ0n) is 10.9. The molecule has 0 heterocycles. The van der Waals surface area contributed by atoms with Gasteiger partial charge in [-0.2, -0.15) is 0 Å². The van der Waals surface area contributed by atoms with E-state index in [1.807, 2.05) is 6.08 Å². The second kappa shape index (κ2) is 4.67. The summed E-state index contributed by atoms with van der Waals surface area (Å²) in [5.74, 6) is -1.16. The van der Waals surface area contributed by atoms with Crippen molar-refractivity contribution in [2.45, 2.75) is 12.8 Å². The summed E-state index contributed by atoms with van der Waals surface area (Å²) in [7, 11) is 0. The topological polar surface area (TPSA) is 17.1 Å². The summed E-state index contributed by atoms with van der Waals surface area (Å²) in [6, 6.07) is 9.44. The van der Waals surface area contributed by atoms with Crippen LogP contribution in [-0.4, -0.2) is 5.78 Å². The van der Waals surface area contributed by atoms with Crippen LogP contribution < -0.4 is 0 Å². The van der Waals surface area contributed by atoms with Gasteiger partial charge in [0.2, 0.25) is 0 Å². The lowest BCUT2D eigenvalue weighted by Gasteiger charge is -2.13. The molecule has 0 fully saturated rings. The molecule has 0 saturated carbocycles. The molecule has 1 atom stereocenters. The molecule has 20 heavy (non-hydrogen) atoms. The first kappa shape index (κ1) is 12.7. The number of fused-ring (bicyclic) bond motifs is 1. The number of hydrogen-bond acceptors (Lipinski definition) is 1. The molecule has 0 bridgehead atoms. The Bertz CT molecular complexity index is 715. The lowest BCUT2D eigenvalue weighted by Crippen LogP contribution is -2.03. The smallest absolute Gasteiger partial charge is 0.162 e. The van der Waals surface area contributed by atoms with E-state index >= 15 is 0 Å². The average molecular weight is 270 g/mol. The minimum absolute atomic E-state index is 0.0962. The number of benzene rings is 2. The van der Waals surface area contributed by atoms with E-state index < -0.39 is 5.82 Å². The Morgan fingerprint density at radius 2 is 1.75 bits per heavy atom. The lowest BCUT2D eigenvalue weighted by molar-refractivity contribution is 0.101. The van der Waals surface area contributed by atoms with Gasteiger partial charge < -0.3 is 0 Å². The van der Waals surface area contributed by atoms with Crippen molar-refractivity contribution in [3.05, 3.63) is 76.4 Å². The maximum atomic E-state index is 14.2. The highest BCUT2D eigenvalue weighted by Crippen LogP contribution is 2.37. The molecule has 0 amide bonds. The molecule has 0 saturated heterocycles. The van der Waals surface area contributed by atoms with Gasteiger partial charge in [0, 0.05) is 11.5 Å². The first-order valence-corrected chi connectivity index (χ1v) is 6.35. The van der Waals surface area contributed by atoms with Crippen LogP contribution in [0.5, 0.6) is 0 Å². The van der Waals surface area contributed by atoms with Gasteiger partial charge in [0.05, 0.1) is 5.56 Å². The summed E-state index contributed by atoms with van der Waals surface area (Å²) in [6.07, 6.45) is 3.55. The van der Waals surface area contributed by atoms with E-state index in [4.69, 9.17) is 0 Å². The molecule has 100 valence electrons. The van der Waals surface area contributed by atoms with Gasteiger partial charge in [-0.15, -0.1) is 0 Å².